The number of piperidine rings is 2. The Balaban J connectivity index is 1.50. The normalized spacial score (nSPS) is 17.2. The quantitative estimate of drug-likeness (QED) is 0.465. The summed E-state index contributed by atoms with van der Waals surface area (Å²) in [4.78, 5) is 32.5. The van der Waals surface area contributed by atoms with Crippen LogP contribution in [0.25, 0.3) is 0 Å². The standard InChI is InChI=1S/C23H32FN3O6/c1-16(2)32-23(30)27-9-5-19(6-10-27)33-25-18-3-7-26(8-4-18)21-14-22(31-12-11-28)17(15-29)13-20(21)24/h13-16,19,28H,3-12H2,1-2H3. The average molecular weight is 466 g/mol. The highest BCUT2D eigenvalue weighted by molar-refractivity contribution is 5.86. The van der Waals surface area contributed by atoms with Gasteiger partial charge in [0.05, 0.1) is 29.7 Å². The summed E-state index contributed by atoms with van der Waals surface area (Å²) in [5.74, 6) is -0.241. The maximum absolute atomic E-state index is 14.6. The molecule has 10 heteroatoms. The highest BCUT2D eigenvalue weighted by Crippen LogP contribution is 2.30. The lowest BCUT2D eigenvalue weighted by Gasteiger charge is -2.32. The Hall–Kier alpha value is -2.88. The molecule has 1 amide bonds. The van der Waals surface area contributed by atoms with Crippen LogP contribution in [0.2, 0.25) is 0 Å². The van der Waals surface area contributed by atoms with Gasteiger partial charge in [0, 0.05) is 57.9 Å². The van der Waals surface area contributed by atoms with Gasteiger partial charge >= 0.3 is 6.09 Å². The van der Waals surface area contributed by atoms with Crippen LogP contribution in [0.15, 0.2) is 17.3 Å². The molecule has 0 aromatic heterocycles. The van der Waals surface area contributed by atoms with E-state index in [2.05, 4.69) is 5.16 Å². The molecule has 0 bridgehead atoms. The number of oxime groups is 1. The molecule has 0 spiro atoms. The Morgan fingerprint density at radius 2 is 1.94 bits per heavy atom. The van der Waals surface area contributed by atoms with E-state index in [9.17, 15) is 14.0 Å². The third-order valence-electron chi connectivity index (χ3n) is 5.60. The predicted molar refractivity (Wildman–Crippen MR) is 121 cm³/mol. The van der Waals surface area contributed by atoms with Crippen LogP contribution in [0.5, 0.6) is 5.75 Å². The smallest absolute Gasteiger partial charge is 0.410 e. The first-order valence-corrected chi connectivity index (χ1v) is 11.4. The molecule has 0 aliphatic carbocycles. The van der Waals surface area contributed by atoms with Crippen molar-refractivity contribution in [1.82, 2.24) is 4.90 Å². The molecule has 33 heavy (non-hydrogen) atoms. The number of carbonyl (C=O) groups excluding carboxylic acids is 2. The Morgan fingerprint density at radius 1 is 1.24 bits per heavy atom. The van der Waals surface area contributed by atoms with Crippen molar-refractivity contribution in [1.29, 1.82) is 0 Å². The van der Waals surface area contributed by atoms with Gasteiger partial charge in [-0.15, -0.1) is 0 Å². The van der Waals surface area contributed by atoms with E-state index in [1.807, 2.05) is 18.7 Å². The molecule has 1 aromatic rings. The van der Waals surface area contributed by atoms with Crippen molar-refractivity contribution in [3.8, 4) is 5.75 Å². The fourth-order valence-corrected chi connectivity index (χ4v) is 3.84. The van der Waals surface area contributed by atoms with Gasteiger partial charge in [-0.3, -0.25) is 4.79 Å². The maximum atomic E-state index is 14.6. The van der Waals surface area contributed by atoms with Crippen LogP contribution in [0.3, 0.4) is 0 Å². The number of rotatable bonds is 8. The van der Waals surface area contributed by atoms with E-state index in [1.165, 1.54) is 6.07 Å². The van der Waals surface area contributed by atoms with Crippen LogP contribution >= 0.6 is 0 Å². The largest absolute Gasteiger partial charge is 0.490 e. The molecule has 2 heterocycles. The second kappa shape index (κ2) is 11.8. The zero-order valence-electron chi connectivity index (χ0n) is 19.2. The minimum Gasteiger partial charge on any atom is -0.490 e. The summed E-state index contributed by atoms with van der Waals surface area (Å²) in [5.41, 5.74) is 1.38. The first-order chi connectivity index (χ1) is 15.9. The van der Waals surface area contributed by atoms with Gasteiger partial charge < -0.3 is 29.2 Å². The van der Waals surface area contributed by atoms with Crippen molar-refractivity contribution >= 4 is 23.8 Å². The monoisotopic (exact) mass is 465 g/mol. The van der Waals surface area contributed by atoms with Crippen molar-refractivity contribution in [2.45, 2.75) is 51.7 Å². The fourth-order valence-electron chi connectivity index (χ4n) is 3.84. The summed E-state index contributed by atoms with van der Waals surface area (Å²) in [5, 5.41) is 13.3. The lowest BCUT2D eigenvalue weighted by molar-refractivity contribution is 0.00415. The van der Waals surface area contributed by atoms with Crippen LogP contribution in [0, 0.1) is 5.82 Å². The SMILES string of the molecule is CC(C)OC(=O)N1CCC(ON=C2CCN(c3cc(OCCO)c(C=O)cc3F)CC2)CC1. The number of hydrogen-bond acceptors (Lipinski definition) is 8. The molecular weight excluding hydrogens is 433 g/mol. The molecule has 9 nitrogen and oxygen atoms in total. The Kier molecular flexibility index (Phi) is 8.87. The van der Waals surface area contributed by atoms with E-state index >= 15 is 0 Å². The number of hydrogen-bond donors (Lipinski definition) is 1. The highest BCUT2D eigenvalue weighted by atomic mass is 19.1. The van der Waals surface area contributed by atoms with Gasteiger partial charge in [-0.2, -0.15) is 0 Å². The molecule has 182 valence electrons. The van der Waals surface area contributed by atoms with Gasteiger partial charge in [0.25, 0.3) is 0 Å². The number of aldehydes is 1. The number of carbonyl (C=O) groups is 2. The van der Waals surface area contributed by atoms with Crippen LogP contribution in [-0.4, -0.2) is 79.7 Å². The number of amides is 1. The highest BCUT2D eigenvalue weighted by Gasteiger charge is 2.26. The lowest BCUT2D eigenvalue weighted by Crippen LogP contribution is -2.41. The molecule has 0 atom stereocenters. The van der Waals surface area contributed by atoms with Crippen LogP contribution in [0.4, 0.5) is 14.9 Å². The minimum absolute atomic E-state index is 0.0257. The number of benzene rings is 1. The first-order valence-electron chi connectivity index (χ1n) is 11.4. The van der Waals surface area contributed by atoms with E-state index < -0.39 is 5.82 Å². The minimum atomic E-state index is -0.493. The predicted octanol–water partition coefficient (Wildman–Crippen LogP) is 2.99. The summed E-state index contributed by atoms with van der Waals surface area (Å²) in [6.45, 7) is 5.74. The Labute approximate surface area is 193 Å². The summed E-state index contributed by atoms with van der Waals surface area (Å²) >= 11 is 0. The zero-order valence-corrected chi connectivity index (χ0v) is 19.2. The van der Waals surface area contributed by atoms with Crippen LogP contribution < -0.4 is 9.64 Å². The number of halogens is 1. The summed E-state index contributed by atoms with van der Waals surface area (Å²) < 4.78 is 25.2. The number of aliphatic hydroxyl groups excluding tert-OH is 1. The molecular formula is C23H32FN3O6. The molecule has 1 N–H and O–H groups in total. The van der Waals surface area contributed by atoms with Gasteiger partial charge in [-0.05, 0) is 19.9 Å². The van der Waals surface area contributed by atoms with Gasteiger partial charge in [0.1, 0.15) is 24.3 Å². The first kappa shape index (κ1) is 24.8. The van der Waals surface area contributed by atoms with E-state index in [1.54, 1.807) is 4.90 Å². The third kappa shape index (κ3) is 6.80. The number of ether oxygens (including phenoxy) is 2. The van der Waals surface area contributed by atoms with Gasteiger partial charge in [-0.1, -0.05) is 5.16 Å². The van der Waals surface area contributed by atoms with Gasteiger partial charge in [0.15, 0.2) is 6.29 Å². The van der Waals surface area contributed by atoms with Crippen LogP contribution in [0.1, 0.15) is 49.9 Å². The molecule has 2 aliphatic rings. The average Bonchev–Trinajstić information content (AvgIpc) is 2.82. The van der Waals surface area contributed by atoms with E-state index in [4.69, 9.17) is 19.4 Å². The maximum Gasteiger partial charge on any atom is 0.410 e. The van der Waals surface area contributed by atoms with E-state index in [0.717, 1.165) is 11.8 Å². The molecule has 0 saturated carbocycles. The van der Waals surface area contributed by atoms with Crippen molar-refractivity contribution < 1.29 is 33.4 Å². The Morgan fingerprint density at radius 3 is 2.55 bits per heavy atom. The third-order valence-corrected chi connectivity index (χ3v) is 5.60. The molecule has 0 unspecified atom stereocenters. The van der Waals surface area contributed by atoms with Gasteiger partial charge in [-0.25, -0.2) is 9.18 Å². The fraction of sp³-hybridized carbons (Fsp3) is 0.609. The van der Waals surface area contributed by atoms with Crippen LogP contribution in [-0.2, 0) is 9.57 Å². The zero-order chi connectivity index (χ0) is 23.8. The summed E-state index contributed by atoms with van der Waals surface area (Å²) in [7, 11) is 0. The molecule has 0 radical (unpaired) electrons. The van der Waals surface area contributed by atoms with Crippen molar-refractivity contribution in [3.63, 3.8) is 0 Å². The number of likely N-dealkylation sites (tertiary alicyclic amines) is 1. The second-order valence-corrected chi connectivity index (χ2v) is 8.40. The molecule has 3 rings (SSSR count). The number of anilines is 1. The summed E-state index contributed by atoms with van der Waals surface area (Å²) in [6, 6.07) is 2.66. The second-order valence-electron chi connectivity index (χ2n) is 8.40. The lowest BCUT2D eigenvalue weighted by atomic mass is 10.1. The van der Waals surface area contributed by atoms with E-state index in [-0.39, 0.29) is 42.8 Å². The number of nitrogens with zero attached hydrogens (tertiary/aromatic N) is 3. The summed E-state index contributed by atoms with van der Waals surface area (Å²) in [6.07, 6.45) is 2.71. The molecule has 1 aromatic carbocycles. The molecule has 2 aliphatic heterocycles. The van der Waals surface area contributed by atoms with Crippen molar-refractivity contribution in [2.75, 3.05) is 44.3 Å². The molecule has 2 saturated heterocycles. The van der Waals surface area contributed by atoms with Crippen molar-refractivity contribution in [2.24, 2.45) is 5.16 Å². The Bertz CT molecular complexity index is 845. The van der Waals surface area contributed by atoms with Gasteiger partial charge in [0.2, 0.25) is 0 Å². The molecule has 2 fully saturated rings. The van der Waals surface area contributed by atoms with E-state index in [0.29, 0.717) is 63.8 Å². The van der Waals surface area contributed by atoms with Crippen molar-refractivity contribution in [3.05, 3.63) is 23.5 Å². The topological polar surface area (TPSA) is 101 Å². The number of aliphatic hydroxyl groups is 1.